The van der Waals surface area contributed by atoms with E-state index in [4.69, 9.17) is 9.47 Å². The predicted octanol–water partition coefficient (Wildman–Crippen LogP) is 4.63. The van der Waals surface area contributed by atoms with Crippen LogP contribution >= 0.6 is 11.3 Å². The van der Waals surface area contributed by atoms with Crippen LogP contribution in [0.4, 0.5) is 16.5 Å². The smallest absolute Gasteiger partial charge is 0.311 e. The van der Waals surface area contributed by atoms with Crippen molar-refractivity contribution in [2.45, 2.75) is 20.5 Å². The first-order valence-electron chi connectivity index (χ1n) is 8.66. The van der Waals surface area contributed by atoms with E-state index in [-0.39, 0.29) is 24.0 Å². The lowest BCUT2D eigenvalue weighted by molar-refractivity contribution is -0.386. The van der Waals surface area contributed by atoms with Crippen molar-refractivity contribution in [3.63, 3.8) is 0 Å². The summed E-state index contributed by atoms with van der Waals surface area (Å²) in [4.78, 5) is 29.0. The number of nitro benzene ring substituents is 1. The quantitative estimate of drug-likeness (QED) is 0.414. The average molecular weight is 413 g/mol. The van der Waals surface area contributed by atoms with Gasteiger partial charge in [0, 0.05) is 18.4 Å². The van der Waals surface area contributed by atoms with Crippen molar-refractivity contribution < 1.29 is 19.2 Å². The fourth-order valence-corrected chi connectivity index (χ4v) is 3.60. The van der Waals surface area contributed by atoms with E-state index in [0.29, 0.717) is 22.3 Å². The van der Waals surface area contributed by atoms with Crippen molar-refractivity contribution in [1.29, 1.82) is 0 Å². The Kier molecular flexibility index (Phi) is 6.08. The van der Waals surface area contributed by atoms with Crippen LogP contribution in [0.1, 0.15) is 18.2 Å². The molecule has 0 bridgehead atoms. The zero-order valence-electron chi connectivity index (χ0n) is 16.1. The van der Waals surface area contributed by atoms with E-state index in [1.807, 2.05) is 12.1 Å². The number of amides is 1. The van der Waals surface area contributed by atoms with E-state index >= 15 is 0 Å². The van der Waals surface area contributed by atoms with E-state index in [9.17, 15) is 14.9 Å². The molecule has 0 aliphatic rings. The Hall–Kier alpha value is -3.46. The van der Waals surface area contributed by atoms with Crippen LogP contribution in [0.3, 0.4) is 0 Å². The molecule has 9 heteroatoms. The Morgan fingerprint density at radius 3 is 2.69 bits per heavy atom. The summed E-state index contributed by atoms with van der Waals surface area (Å²) >= 11 is 1.27. The molecule has 1 heterocycles. The van der Waals surface area contributed by atoms with Crippen LogP contribution in [0, 0.1) is 17.0 Å². The first-order chi connectivity index (χ1) is 13.9. The number of ether oxygens (including phenoxy) is 2. The number of aryl methyl sites for hydroxylation is 1. The molecule has 0 fully saturated rings. The Balaban J connectivity index is 1.83. The molecule has 0 aliphatic carbocycles. The molecular formula is C20H19N3O5S. The number of methoxy groups -OCH3 is 1. The van der Waals surface area contributed by atoms with Crippen LogP contribution in [0.5, 0.6) is 11.5 Å². The highest BCUT2D eigenvalue weighted by atomic mass is 32.1. The van der Waals surface area contributed by atoms with Crippen LogP contribution in [-0.2, 0) is 11.4 Å². The van der Waals surface area contributed by atoms with Gasteiger partial charge in [-0.25, -0.2) is 4.98 Å². The van der Waals surface area contributed by atoms with Crippen LogP contribution in [0.2, 0.25) is 0 Å². The number of hydrogen-bond acceptors (Lipinski definition) is 7. The predicted molar refractivity (Wildman–Crippen MR) is 110 cm³/mol. The van der Waals surface area contributed by atoms with Crippen molar-refractivity contribution in [1.82, 2.24) is 4.98 Å². The molecule has 3 rings (SSSR count). The Morgan fingerprint density at radius 1 is 1.24 bits per heavy atom. The van der Waals surface area contributed by atoms with Gasteiger partial charge in [-0.1, -0.05) is 18.2 Å². The lowest BCUT2D eigenvalue weighted by Gasteiger charge is -2.20. The zero-order chi connectivity index (χ0) is 21.0. The summed E-state index contributed by atoms with van der Waals surface area (Å²) in [6.07, 6.45) is 0. The molecule has 1 aromatic heterocycles. The maximum absolute atomic E-state index is 12.3. The Labute approximate surface area is 171 Å². The molecule has 29 heavy (non-hydrogen) atoms. The number of nitro groups is 1. The number of aromatic nitrogens is 1. The molecule has 2 aromatic carbocycles. The highest BCUT2D eigenvalue weighted by Gasteiger charge is 2.22. The van der Waals surface area contributed by atoms with E-state index in [1.165, 1.54) is 36.3 Å². The summed E-state index contributed by atoms with van der Waals surface area (Å²) < 4.78 is 11.0. The lowest BCUT2D eigenvalue weighted by atomic mass is 10.2. The van der Waals surface area contributed by atoms with Gasteiger partial charge in [0.05, 0.1) is 23.4 Å². The number of thiazole rings is 1. The summed E-state index contributed by atoms with van der Waals surface area (Å²) in [5, 5.41) is 13.4. The number of anilines is 2. The van der Waals surface area contributed by atoms with Crippen molar-refractivity contribution in [3.8, 4) is 11.5 Å². The normalized spacial score (nSPS) is 10.4. The van der Waals surface area contributed by atoms with Gasteiger partial charge in [0.1, 0.15) is 12.4 Å². The van der Waals surface area contributed by atoms with Gasteiger partial charge in [0.15, 0.2) is 10.9 Å². The summed E-state index contributed by atoms with van der Waals surface area (Å²) in [7, 11) is 1.53. The van der Waals surface area contributed by atoms with Gasteiger partial charge >= 0.3 is 5.69 Å². The number of benzene rings is 2. The molecule has 0 radical (unpaired) electrons. The summed E-state index contributed by atoms with van der Waals surface area (Å²) in [5.41, 5.74) is 1.81. The third-order valence-electron chi connectivity index (χ3n) is 4.06. The molecule has 0 unspecified atom stereocenters. The molecule has 3 aromatic rings. The second-order valence-corrected chi connectivity index (χ2v) is 7.00. The highest BCUT2D eigenvalue weighted by molar-refractivity contribution is 7.14. The molecule has 1 amide bonds. The van der Waals surface area contributed by atoms with E-state index in [0.717, 1.165) is 5.56 Å². The maximum atomic E-state index is 12.3. The highest BCUT2D eigenvalue weighted by Crippen LogP contribution is 2.36. The minimum absolute atomic E-state index is 0.0398. The standard InChI is InChI=1S/C20H19N3O5S/c1-13-8-9-19(17(10-13)23(25)26)28-11-15-12-29-20(21-15)22(14(2)24)16-6-4-5-7-18(16)27-3/h4-10,12H,11H2,1-3H3. The maximum Gasteiger partial charge on any atom is 0.311 e. The number of hydrogen-bond donors (Lipinski definition) is 0. The van der Waals surface area contributed by atoms with Gasteiger partial charge in [0.25, 0.3) is 0 Å². The monoisotopic (exact) mass is 413 g/mol. The van der Waals surface area contributed by atoms with Gasteiger partial charge in [-0.3, -0.25) is 19.8 Å². The molecule has 0 spiro atoms. The summed E-state index contributed by atoms with van der Waals surface area (Å²) in [5.74, 6) is 0.500. The topological polar surface area (TPSA) is 94.8 Å². The molecule has 150 valence electrons. The number of para-hydroxylation sites is 2. The zero-order valence-corrected chi connectivity index (χ0v) is 16.9. The van der Waals surface area contributed by atoms with E-state index < -0.39 is 4.92 Å². The average Bonchev–Trinajstić information content (AvgIpc) is 3.15. The van der Waals surface area contributed by atoms with Gasteiger partial charge in [-0.15, -0.1) is 11.3 Å². The third kappa shape index (κ3) is 4.52. The number of nitrogens with zero attached hydrogens (tertiary/aromatic N) is 3. The molecule has 8 nitrogen and oxygen atoms in total. The van der Waals surface area contributed by atoms with Gasteiger partial charge < -0.3 is 9.47 Å². The Bertz CT molecular complexity index is 1050. The molecule has 0 atom stereocenters. The van der Waals surface area contributed by atoms with Crippen LogP contribution in [0.25, 0.3) is 0 Å². The molecule has 0 saturated carbocycles. The first-order valence-corrected chi connectivity index (χ1v) is 9.54. The number of carbonyl (C=O) groups is 1. The summed E-state index contributed by atoms with van der Waals surface area (Å²) in [6.45, 7) is 3.26. The fourth-order valence-electron chi connectivity index (χ4n) is 2.73. The van der Waals surface area contributed by atoms with E-state index in [1.54, 1.807) is 36.6 Å². The minimum atomic E-state index is -0.478. The van der Waals surface area contributed by atoms with Crippen LogP contribution in [-0.4, -0.2) is 22.9 Å². The first kappa shape index (κ1) is 20.3. The van der Waals surface area contributed by atoms with Crippen LogP contribution in [0.15, 0.2) is 47.8 Å². The van der Waals surface area contributed by atoms with Crippen molar-refractivity contribution >= 4 is 33.8 Å². The molecule has 0 saturated heterocycles. The number of rotatable bonds is 7. The van der Waals surface area contributed by atoms with Gasteiger partial charge in [-0.2, -0.15) is 0 Å². The summed E-state index contributed by atoms with van der Waals surface area (Å²) in [6, 6.07) is 11.9. The molecule has 0 N–H and O–H groups in total. The van der Waals surface area contributed by atoms with Crippen molar-refractivity contribution in [2.24, 2.45) is 0 Å². The number of carbonyl (C=O) groups excluding carboxylic acids is 1. The lowest BCUT2D eigenvalue weighted by Crippen LogP contribution is -2.23. The van der Waals surface area contributed by atoms with E-state index in [2.05, 4.69) is 4.98 Å². The SMILES string of the molecule is COc1ccccc1N(C(C)=O)c1nc(COc2ccc(C)cc2[N+](=O)[O-])cs1. The van der Waals surface area contributed by atoms with Crippen LogP contribution < -0.4 is 14.4 Å². The molecular weight excluding hydrogens is 394 g/mol. The minimum Gasteiger partial charge on any atom is -0.495 e. The second kappa shape index (κ2) is 8.70. The molecule has 0 aliphatic heterocycles. The third-order valence-corrected chi connectivity index (χ3v) is 4.93. The fraction of sp³-hybridized carbons (Fsp3) is 0.200. The second-order valence-electron chi connectivity index (χ2n) is 6.16. The van der Waals surface area contributed by atoms with Crippen molar-refractivity contribution in [3.05, 3.63) is 69.2 Å². The van der Waals surface area contributed by atoms with Crippen molar-refractivity contribution in [2.75, 3.05) is 12.0 Å². The Morgan fingerprint density at radius 2 is 2.00 bits per heavy atom. The van der Waals surface area contributed by atoms with Gasteiger partial charge in [-0.05, 0) is 30.7 Å². The van der Waals surface area contributed by atoms with Gasteiger partial charge in [0.2, 0.25) is 5.91 Å². The largest absolute Gasteiger partial charge is 0.495 e.